The van der Waals surface area contributed by atoms with Crippen molar-refractivity contribution in [3.8, 4) is 16.9 Å². The first-order chi connectivity index (χ1) is 11.2. The minimum absolute atomic E-state index is 0.230. The summed E-state index contributed by atoms with van der Waals surface area (Å²) in [5.41, 5.74) is 3.50. The van der Waals surface area contributed by atoms with Crippen molar-refractivity contribution in [2.24, 2.45) is 7.05 Å². The molecule has 3 heterocycles. The number of anilines is 2. The molecule has 0 fully saturated rings. The lowest BCUT2D eigenvalue weighted by Crippen LogP contribution is -2.00. The van der Waals surface area contributed by atoms with Crippen LogP contribution in [-0.2, 0) is 7.05 Å². The van der Waals surface area contributed by atoms with Crippen LogP contribution >= 0.6 is 0 Å². The Hall–Kier alpha value is -3.35. The first-order valence-corrected chi connectivity index (χ1v) is 7.08. The van der Waals surface area contributed by atoms with E-state index in [1.54, 1.807) is 52.1 Å². The minimum atomic E-state index is 0.230. The largest absolute Gasteiger partial charge is 0.508 e. The van der Waals surface area contributed by atoms with Crippen molar-refractivity contribution in [2.75, 3.05) is 5.32 Å². The summed E-state index contributed by atoms with van der Waals surface area (Å²) in [4.78, 5) is 4.43. The molecule has 0 aliphatic rings. The molecule has 0 bridgehead atoms. The number of aryl methyl sites for hydroxylation is 1. The van der Waals surface area contributed by atoms with E-state index in [9.17, 15) is 5.11 Å². The highest BCUT2D eigenvalue weighted by molar-refractivity contribution is 5.77. The molecule has 7 heteroatoms. The molecule has 7 nitrogen and oxygen atoms in total. The Balaban J connectivity index is 1.77. The molecule has 23 heavy (non-hydrogen) atoms. The Kier molecular flexibility index (Phi) is 2.97. The lowest BCUT2D eigenvalue weighted by Gasteiger charge is -2.08. The third-order valence-electron chi connectivity index (χ3n) is 3.56. The summed E-state index contributed by atoms with van der Waals surface area (Å²) in [6, 6.07) is 8.70. The molecule has 1 aromatic carbocycles. The fourth-order valence-electron chi connectivity index (χ4n) is 2.44. The summed E-state index contributed by atoms with van der Waals surface area (Å²) in [6.45, 7) is 0. The number of benzene rings is 1. The quantitative estimate of drug-likeness (QED) is 0.569. The molecule has 0 aliphatic heterocycles. The number of aromatic hydroxyl groups is 1. The Morgan fingerprint density at radius 3 is 2.61 bits per heavy atom. The van der Waals surface area contributed by atoms with Crippen molar-refractivity contribution >= 4 is 17.2 Å². The van der Waals surface area contributed by atoms with E-state index < -0.39 is 0 Å². The van der Waals surface area contributed by atoms with E-state index in [2.05, 4.69) is 20.5 Å². The van der Waals surface area contributed by atoms with Gasteiger partial charge in [0.05, 0.1) is 12.4 Å². The van der Waals surface area contributed by atoms with E-state index in [1.165, 1.54) is 0 Å². The standard InChI is InChI=1S/C16H14N6O/c1-21-10-11(8-18-21)14-9-19-22-15(6-7-17-16(14)22)20-12-2-4-13(23)5-3-12/h2-10,20,23H,1H3. The van der Waals surface area contributed by atoms with Crippen LogP contribution in [0.25, 0.3) is 16.8 Å². The number of hydrogen-bond donors (Lipinski definition) is 2. The van der Waals surface area contributed by atoms with Crippen molar-refractivity contribution in [1.82, 2.24) is 24.4 Å². The van der Waals surface area contributed by atoms with Gasteiger partial charge in [0.2, 0.25) is 0 Å². The highest BCUT2D eigenvalue weighted by atomic mass is 16.3. The van der Waals surface area contributed by atoms with Gasteiger partial charge in [-0.2, -0.15) is 14.7 Å². The number of aromatic nitrogens is 5. The summed E-state index contributed by atoms with van der Waals surface area (Å²) in [5, 5.41) is 21.2. The van der Waals surface area contributed by atoms with Crippen molar-refractivity contribution in [1.29, 1.82) is 0 Å². The summed E-state index contributed by atoms with van der Waals surface area (Å²) in [6.07, 6.45) is 7.23. The Bertz CT molecular complexity index is 970. The van der Waals surface area contributed by atoms with E-state index in [4.69, 9.17) is 0 Å². The van der Waals surface area contributed by atoms with Gasteiger partial charge in [-0.1, -0.05) is 0 Å². The molecule has 4 aromatic rings. The topological polar surface area (TPSA) is 80.3 Å². The maximum atomic E-state index is 9.36. The highest BCUT2D eigenvalue weighted by Crippen LogP contribution is 2.25. The van der Waals surface area contributed by atoms with Crippen LogP contribution in [0.5, 0.6) is 5.75 Å². The molecule has 0 amide bonds. The number of phenolic OH excluding ortho intramolecular Hbond substituents is 1. The maximum absolute atomic E-state index is 9.36. The maximum Gasteiger partial charge on any atom is 0.165 e. The molecule has 2 N–H and O–H groups in total. The minimum Gasteiger partial charge on any atom is -0.508 e. The normalized spacial score (nSPS) is 11.0. The smallest absolute Gasteiger partial charge is 0.165 e. The van der Waals surface area contributed by atoms with Crippen LogP contribution in [0.1, 0.15) is 0 Å². The van der Waals surface area contributed by atoms with Crippen molar-refractivity contribution < 1.29 is 5.11 Å². The zero-order chi connectivity index (χ0) is 15.8. The van der Waals surface area contributed by atoms with Crippen LogP contribution in [0.2, 0.25) is 0 Å². The zero-order valence-corrected chi connectivity index (χ0v) is 12.4. The monoisotopic (exact) mass is 306 g/mol. The third kappa shape index (κ3) is 2.38. The van der Waals surface area contributed by atoms with Gasteiger partial charge in [0.25, 0.3) is 0 Å². The van der Waals surface area contributed by atoms with E-state index >= 15 is 0 Å². The third-order valence-corrected chi connectivity index (χ3v) is 3.56. The second-order valence-electron chi connectivity index (χ2n) is 5.20. The van der Waals surface area contributed by atoms with Gasteiger partial charge in [-0.15, -0.1) is 0 Å². The predicted molar refractivity (Wildman–Crippen MR) is 86.6 cm³/mol. The van der Waals surface area contributed by atoms with Gasteiger partial charge in [0.15, 0.2) is 5.65 Å². The predicted octanol–water partition coefficient (Wildman–Crippen LogP) is 2.58. The van der Waals surface area contributed by atoms with E-state index in [1.807, 2.05) is 19.3 Å². The second-order valence-corrected chi connectivity index (χ2v) is 5.20. The molecule has 114 valence electrons. The average molecular weight is 306 g/mol. The molecule has 0 radical (unpaired) electrons. The summed E-state index contributed by atoms with van der Waals surface area (Å²) in [5.74, 6) is 1.02. The van der Waals surface area contributed by atoms with E-state index in [0.717, 1.165) is 28.3 Å². The average Bonchev–Trinajstić information content (AvgIpc) is 3.16. The number of nitrogens with one attached hydrogen (secondary N) is 1. The molecule has 0 aliphatic carbocycles. The number of rotatable bonds is 3. The second kappa shape index (κ2) is 5.13. The van der Waals surface area contributed by atoms with Gasteiger partial charge in [0, 0.05) is 36.3 Å². The van der Waals surface area contributed by atoms with Crippen LogP contribution in [-0.4, -0.2) is 29.5 Å². The molecule has 0 atom stereocenters. The number of fused-ring (bicyclic) bond motifs is 1. The zero-order valence-electron chi connectivity index (χ0n) is 12.4. The molecule has 0 unspecified atom stereocenters. The fourth-order valence-corrected chi connectivity index (χ4v) is 2.44. The van der Waals surface area contributed by atoms with Crippen LogP contribution in [0.4, 0.5) is 11.5 Å². The lowest BCUT2D eigenvalue weighted by atomic mass is 10.2. The van der Waals surface area contributed by atoms with Crippen LogP contribution in [0.3, 0.4) is 0 Å². The molecule has 3 aromatic heterocycles. The molecular formula is C16H14N6O. The Labute approximate surface area is 131 Å². The van der Waals surface area contributed by atoms with Crippen LogP contribution < -0.4 is 5.32 Å². The Morgan fingerprint density at radius 2 is 1.87 bits per heavy atom. The first kappa shape index (κ1) is 13.3. The molecular weight excluding hydrogens is 292 g/mol. The van der Waals surface area contributed by atoms with Crippen molar-refractivity contribution in [3.63, 3.8) is 0 Å². The molecule has 0 saturated carbocycles. The summed E-state index contributed by atoms with van der Waals surface area (Å²) >= 11 is 0. The van der Waals surface area contributed by atoms with Gasteiger partial charge in [-0.05, 0) is 30.3 Å². The summed E-state index contributed by atoms with van der Waals surface area (Å²) < 4.78 is 3.49. The SMILES string of the molecule is Cn1cc(-c2cnn3c(Nc4ccc(O)cc4)ccnc23)cn1. The summed E-state index contributed by atoms with van der Waals surface area (Å²) in [7, 11) is 1.88. The Morgan fingerprint density at radius 1 is 1.04 bits per heavy atom. The number of hydrogen-bond acceptors (Lipinski definition) is 5. The van der Waals surface area contributed by atoms with Gasteiger partial charge in [0.1, 0.15) is 11.6 Å². The molecule has 0 spiro atoms. The fraction of sp³-hybridized carbons (Fsp3) is 0.0625. The number of phenols is 1. The molecule has 4 rings (SSSR count). The van der Waals surface area contributed by atoms with Crippen molar-refractivity contribution in [3.05, 3.63) is 55.1 Å². The highest BCUT2D eigenvalue weighted by Gasteiger charge is 2.12. The van der Waals surface area contributed by atoms with Gasteiger partial charge >= 0.3 is 0 Å². The van der Waals surface area contributed by atoms with Crippen LogP contribution in [0, 0.1) is 0 Å². The van der Waals surface area contributed by atoms with E-state index in [0.29, 0.717) is 0 Å². The lowest BCUT2D eigenvalue weighted by molar-refractivity contribution is 0.475. The van der Waals surface area contributed by atoms with Gasteiger partial charge in [-0.3, -0.25) is 4.68 Å². The van der Waals surface area contributed by atoms with E-state index in [-0.39, 0.29) is 5.75 Å². The van der Waals surface area contributed by atoms with Crippen LogP contribution in [0.15, 0.2) is 55.1 Å². The van der Waals surface area contributed by atoms with Gasteiger partial charge < -0.3 is 10.4 Å². The first-order valence-electron chi connectivity index (χ1n) is 7.08. The van der Waals surface area contributed by atoms with Gasteiger partial charge in [-0.25, -0.2) is 4.98 Å². The number of nitrogens with zero attached hydrogens (tertiary/aromatic N) is 5. The van der Waals surface area contributed by atoms with Crippen molar-refractivity contribution in [2.45, 2.75) is 0 Å². The molecule has 0 saturated heterocycles.